The summed E-state index contributed by atoms with van der Waals surface area (Å²) < 4.78 is 1.25. The third kappa shape index (κ3) is 3.15. The molecule has 0 atom stereocenters. The van der Waals surface area contributed by atoms with Crippen molar-refractivity contribution >= 4 is 33.1 Å². The lowest BCUT2D eigenvalue weighted by atomic mass is 10.2. The number of fused-ring (bicyclic) bond motifs is 1. The molecular formula is C18H20N4S. The standard InChI is InChI=1S/C18H20N4S/c1-13-21-16-6-4-14(10-17(16)23-13)11-19-18-7-5-15(12-20-18)22-8-2-3-9-22/h4-7,10,12H,2-3,8-9,11H2,1H3,(H,19,20). The van der Waals surface area contributed by atoms with Crippen LogP contribution in [0.2, 0.25) is 0 Å². The third-order valence-electron chi connectivity index (χ3n) is 4.25. The SMILES string of the molecule is Cc1nc2ccc(CNc3ccc(N4CCCC4)cn3)cc2s1. The number of benzene rings is 1. The minimum Gasteiger partial charge on any atom is -0.370 e. The second kappa shape index (κ2) is 6.16. The highest BCUT2D eigenvalue weighted by Gasteiger charge is 2.12. The van der Waals surface area contributed by atoms with Crippen LogP contribution in [-0.2, 0) is 6.54 Å². The van der Waals surface area contributed by atoms with E-state index in [1.807, 2.05) is 6.20 Å². The van der Waals surface area contributed by atoms with Crippen molar-refractivity contribution in [2.24, 2.45) is 0 Å². The lowest BCUT2D eigenvalue weighted by Gasteiger charge is -2.17. The maximum Gasteiger partial charge on any atom is 0.126 e. The van der Waals surface area contributed by atoms with Gasteiger partial charge in [0.1, 0.15) is 5.82 Å². The van der Waals surface area contributed by atoms with Gasteiger partial charge in [0.15, 0.2) is 0 Å². The van der Waals surface area contributed by atoms with Crippen molar-refractivity contribution < 1.29 is 0 Å². The van der Waals surface area contributed by atoms with E-state index in [4.69, 9.17) is 0 Å². The van der Waals surface area contributed by atoms with Crippen LogP contribution in [0.25, 0.3) is 10.2 Å². The summed E-state index contributed by atoms with van der Waals surface area (Å²) in [7, 11) is 0. The molecule has 0 saturated carbocycles. The Hall–Kier alpha value is -2.14. The minimum atomic E-state index is 0.781. The highest BCUT2D eigenvalue weighted by Crippen LogP contribution is 2.23. The number of pyridine rings is 1. The number of anilines is 2. The van der Waals surface area contributed by atoms with Gasteiger partial charge >= 0.3 is 0 Å². The van der Waals surface area contributed by atoms with E-state index in [0.29, 0.717) is 0 Å². The van der Waals surface area contributed by atoms with Gasteiger partial charge in [-0.1, -0.05) is 6.07 Å². The molecule has 1 aliphatic rings. The van der Waals surface area contributed by atoms with Gasteiger partial charge in [0, 0.05) is 19.6 Å². The average molecular weight is 324 g/mol. The van der Waals surface area contributed by atoms with Gasteiger partial charge in [-0.25, -0.2) is 9.97 Å². The Kier molecular flexibility index (Phi) is 3.87. The van der Waals surface area contributed by atoms with Gasteiger partial charge in [0.2, 0.25) is 0 Å². The molecule has 0 radical (unpaired) electrons. The zero-order valence-electron chi connectivity index (χ0n) is 13.2. The van der Waals surface area contributed by atoms with Crippen molar-refractivity contribution in [1.82, 2.24) is 9.97 Å². The molecule has 4 rings (SSSR count). The molecule has 0 bridgehead atoms. The van der Waals surface area contributed by atoms with Crippen LogP contribution in [0.3, 0.4) is 0 Å². The molecule has 118 valence electrons. The number of nitrogens with one attached hydrogen (secondary N) is 1. The van der Waals surface area contributed by atoms with Gasteiger partial charge in [0.25, 0.3) is 0 Å². The first-order valence-corrected chi connectivity index (χ1v) is 8.90. The average Bonchev–Trinajstić information content (AvgIpc) is 3.21. The molecule has 0 spiro atoms. The van der Waals surface area contributed by atoms with E-state index in [1.54, 1.807) is 11.3 Å². The Morgan fingerprint density at radius 1 is 1.17 bits per heavy atom. The molecule has 3 aromatic rings. The van der Waals surface area contributed by atoms with Gasteiger partial charge in [-0.2, -0.15) is 0 Å². The second-order valence-corrected chi connectivity index (χ2v) is 7.22. The van der Waals surface area contributed by atoms with E-state index >= 15 is 0 Å². The summed E-state index contributed by atoms with van der Waals surface area (Å²) in [6, 6.07) is 10.7. The Morgan fingerprint density at radius 2 is 2.04 bits per heavy atom. The fourth-order valence-corrected chi connectivity index (χ4v) is 3.93. The molecule has 23 heavy (non-hydrogen) atoms. The summed E-state index contributed by atoms with van der Waals surface area (Å²) in [6.45, 7) is 5.14. The van der Waals surface area contributed by atoms with Crippen LogP contribution in [0.5, 0.6) is 0 Å². The molecule has 0 unspecified atom stereocenters. The highest BCUT2D eigenvalue weighted by molar-refractivity contribution is 7.18. The Morgan fingerprint density at radius 3 is 2.83 bits per heavy atom. The van der Waals surface area contributed by atoms with E-state index in [0.717, 1.165) is 36.0 Å². The van der Waals surface area contributed by atoms with Crippen molar-refractivity contribution in [2.45, 2.75) is 26.3 Å². The highest BCUT2D eigenvalue weighted by atomic mass is 32.1. The zero-order valence-corrected chi connectivity index (χ0v) is 14.1. The monoisotopic (exact) mass is 324 g/mol. The summed E-state index contributed by atoms with van der Waals surface area (Å²) in [4.78, 5) is 11.4. The number of aryl methyl sites for hydroxylation is 1. The largest absolute Gasteiger partial charge is 0.370 e. The third-order valence-corrected chi connectivity index (χ3v) is 5.19. The Balaban J connectivity index is 1.42. The van der Waals surface area contributed by atoms with Crippen molar-refractivity contribution in [2.75, 3.05) is 23.3 Å². The first-order chi connectivity index (χ1) is 11.3. The molecule has 1 saturated heterocycles. The zero-order chi connectivity index (χ0) is 15.6. The van der Waals surface area contributed by atoms with Gasteiger partial charge in [-0.15, -0.1) is 11.3 Å². The summed E-state index contributed by atoms with van der Waals surface area (Å²) >= 11 is 1.74. The second-order valence-electron chi connectivity index (χ2n) is 5.98. The van der Waals surface area contributed by atoms with Crippen LogP contribution in [0.4, 0.5) is 11.5 Å². The van der Waals surface area contributed by atoms with Crippen LogP contribution >= 0.6 is 11.3 Å². The van der Waals surface area contributed by atoms with Gasteiger partial charge in [-0.3, -0.25) is 0 Å². The fraction of sp³-hybridized carbons (Fsp3) is 0.333. The van der Waals surface area contributed by atoms with E-state index in [-0.39, 0.29) is 0 Å². The summed E-state index contributed by atoms with van der Waals surface area (Å²) in [6.07, 6.45) is 4.56. The van der Waals surface area contributed by atoms with Crippen molar-refractivity contribution in [1.29, 1.82) is 0 Å². The van der Waals surface area contributed by atoms with Crippen LogP contribution in [0, 0.1) is 6.92 Å². The predicted molar refractivity (Wildman–Crippen MR) is 97.4 cm³/mol. The molecule has 1 aliphatic heterocycles. The number of hydrogen-bond donors (Lipinski definition) is 1. The minimum absolute atomic E-state index is 0.781. The van der Waals surface area contributed by atoms with Crippen LogP contribution in [0.15, 0.2) is 36.5 Å². The lowest BCUT2D eigenvalue weighted by Crippen LogP contribution is -2.17. The molecule has 2 aromatic heterocycles. The molecule has 4 nitrogen and oxygen atoms in total. The van der Waals surface area contributed by atoms with E-state index in [9.17, 15) is 0 Å². The predicted octanol–water partition coefficient (Wildman–Crippen LogP) is 4.21. The van der Waals surface area contributed by atoms with Crippen LogP contribution in [0.1, 0.15) is 23.4 Å². The van der Waals surface area contributed by atoms with E-state index in [1.165, 1.54) is 28.8 Å². The van der Waals surface area contributed by atoms with Gasteiger partial charge in [0.05, 0.1) is 27.1 Å². The summed E-state index contributed by atoms with van der Waals surface area (Å²) in [5.41, 5.74) is 3.57. The van der Waals surface area contributed by atoms with Gasteiger partial charge in [-0.05, 0) is 49.6 Å². The van der Waals surface area contributed by atoms with Crippen LogP contribution < -0.4 is 10.2 Å². The quantitative estimate of drug-likeness (QED) is 0.780. The number of rotatable bonds is 4. The molecule has 1 aromatic carbocycles. The van der Waals surface area contributed by atoms with Crippen molar-refractivity contribution in [3.8, 4) is 0 Å². The number of hydrogen-bond acceptors (Lipinski definition) is 5. The van der Waals surface area contributed by atoms with Crippen molar-refractivity contribution in [3.63, 3.8) is 0 Å². The summed E-state index contributed by atoms with van der Waals surface area (Å²) in [5, 5.41) is 4.52. The number of nitrogens with zero attached hydrogens (tertiary/aromatic N) is 3. The molecule has 5 heteroatoms. The Labute approximate surface area is 140 Å². The summed E-state index contributed by atoms with van der Waals surface area (Å²) in [5.74, 6) is 0.925. The molecule has 3 heterocycles. The first-order valence-electron chi connectivity index (χ1n) is 8.09. The van der Waals surface area contributed by atoms with Crippen LogP contribution in [-0.4, -0.2) is 23.1 Å². The molecule has 0 amide bonds. The molecule has 1 fully saturated rings. The molecular weight excluding hydrogens is 304 g/mol. The van der Waals surface area contributed by atoms with E-state index < -0.39 is 0 Å². The number of aromatic nitrogens is 2. The van der Waals surface area contributed by atoms with Gasteiger partial charge < -0.3 is 10.2 Å². The Bertz CT molecular complexity index is 804. The smallest absolute Gasteiger partial charge is 0.126 e. The first kappa shape index (κ1) is 14.5. The maximum absolute atomic E-state index is 4.54. The maximum atomic E-state index is 4.54. The number of thiazole rings is 1. The van der Waals surface area contributed by atoms with Crippen molar-refractivity contribution in [3.05, 3.63) is 47.1 Å². The lowest BCUT2D eigenvalue weighted by molar-refractivity contribution is 0.949. The topological polar surface area (TPSA) is 41.1 Å². The molecule has 1 N–H and O–H groups in total. The molecule has 0 aliphatic carbocycles. The normalized spacial score (nSPS) is 14.6. The van der Waals surface area contributed by atoms with E-state index in [2.05, 4.69) is 57.4 Å². The fourth-order valence-electron chi connectivity index (χ4n) is 3.04.